The quantitative estimate of drug-likeness (QED) is 0.623. The van der Waals surface area contributed by atoms with E-state index >= 15 is 0 Å². The van der Waals surface area contributed by atoms with Gasteiger partial charge in [0.15, 0.2) is 12.8 Å². The van der Waals surface area contributed by atoms with Gasteiger partial charge in [0.05, 0.1) is 9.90 Å². The maximum absolute atomic E-state index is 12.7. The fourth-order valence-corrected chi connectivity index (χ4v) is 4.15. The highest BCUT2D eigenvalue weighted by Gasteiger charge is 2.27. The van der Waals surface area contributed by atoms with Gasteiger partial charge in [-0.15, -0.1) is 11.3 Å². The molecule has 2 amide bonds. The number of amides is 2. The molecule has 0 saturated carbocycles. The molecule has 1 aliphatic rings. The van der Waals surface area contributed by atoms with Crippen LogP contribution in [-0.4, -0.2) is 29.6 Å². The van der Waals surface area contributed by atoms with Gasteiger partial charge in [0.1, 0.15) is 5.75 Å². The van der Waals surface area contributed by atoms with Gasteiger partial charge in [0, 0.05) is 16.1 Å². The van der Waals surface area contributed by atoms with Crippen LogP contribution in [0.3, 0.4) is 0 Å². The molecule has 152 valence electrons. The van der Waals surface area contributed by atoms with Crippen LogP contribution in [0, 0.1) is 0 Å². The summed E-state index contributed by atoms with van der Waals surface area (Å²) in [5.41, 5.74) is 1.29. The van der Waals surface area contributed by atoms with E-state index in [0.29, 0.717) is 26.2 Å². The number of anilines is 1. The van der Waals surface area contributed by atoms with Crippen molar-refractivity contribution in [1.29, 1.82) is 0 Å². The van der Waals surface area contributed by atoms with Gasteiger partial charge in [-0.3, -0.25) is 14.5 Å². The third kappa shape index (κ3) is 3.87. The summed E-state index contributed by atoms with van der Waals surface area (Å²) in [5, 5.41) is 11.9. The molecule has 0 aliphatic carbocycles. The highest BCUT2D eigenvalue weighted by Crippen LogP contribution is 2.29. The fourth-order valence-electron chi connectivity index (χ4n) is 3.04. The molecule has 30 heavy (non-hydrogen) atoms. The Labute approximate surface area is 180 Å². The lowest BCUT2D eigenvalue weighted by molar-refractivity contribution is -0.139. The molecule has 3 aromatic rings. The Kier molecular flexibility index (Phi) is 5.43. The molecule has 1 atom stereocenters. The summed E-state index contributed by atoms with van der Waals surface area (Å²) in [5.74, 6) is -1.41. The molecule has 2 N–H and O–H groups in total. The van der Waals surface area contributed by atoms with E-state index in [-0.39, 0.29) is 18.2 Å². The highest BCUT2D eigenvalue weighted by atomic mass is 35.5. The molecule has 1 aromatic heterocycles. The summed E-state index contributed by atoms with van der Waals surface area (Å²) in [6.45, 7) is 0.0572. The number of benzene rings is 2. The topological polar surface area (TPSA) is 95.9 Å². The minimum Gasteiger partial charge on any atom is -0.479 e. The number of para-hydroxylation sites is 1. The van der Waals surface area contributed by atoms with Gasteiger partial charge in [-0.05, 0) is 48.5 Å². The zero-order valence-electron chi connectivity index (χ0n) is 15.4. The summed E-state index contributed by atoms with van der Waals surface area (Å²) >= 11 is 6.96. The Morgan fingerprint density at radius 1 is 1.10 bits per heavy atom. The van der Waals surface area contributed by atoms with E-state index in [0.717, 1.165) is 11.3 Å². The number of hydrogen-bond acceptors (Lipinski definition) is 5. The molecule has 0 fully saturated rings. The van der Waals surface area contributed by atoms with Gasteiger partial charge in [0.25, 0.3) is 11.8 Å². The Morgan fingerprint density at radius 2 is 1.83 bits per heavy atom. The van der Waals surface area contributed by atoms with Crippen molar-refractivity contribution >= 4 is 46.4 Å². The standard InChI is InChI=1S/C21H15ClN2O5S/c22-17-10-9-16(30-17)18(21(27)28)23-19(25)12-5-7-13(8-6-12)24-11-29-15-4-2-1-3-14(15)20(24)26/h1-10,18H,11H2,(H,23,25)(H,27,28). The molecular formula is C21H15ClN2O5S. The maximum atomic E-state index is 12.7. The molecule has 0 radical (unpaired) electrons. The number of ether oxygens (including phenoxy) is 1. The van der Waals surface area contributed by atoms with E-state index in [1.165, 1.54) is 17.0 Å². The molecule has 2 aromatic carbocycles. The minimum absolute atomic E-state index is 0.0572. The van der Waals surface area contributed by atoms with Crippen LogP contribution < -0.4 is 15.0 Å². The summed E-state index contributed by atoms with van der Waals surface area (Å²) in [6.07, 6.45) is 0. The molecule has 2 heterocycles. The molecule has 1 unspecified atom stereocenters. The second-order valence-electron chi connectivity index (χ2n) is 6.44. The smallest absolute Gasteiger partial charge is 0.331 e. The van der Waals surface area contributed by atoms with Crippen molar-refractivity contribution in [3.63, 3.8) is 0 Å². The second-order valence-corrected chi connectivity index (χ2v) is 8.18. The summed E-state index contributed by atoms with van der Waals surface area (Å²) in [6, 6.07) is 15.2. The van der Waals surface area contributed by atoms with Gasteiger partial charge >= 0.3 is 5.97 Å². The first-order chi connectivity index (χ1) is 14.4. The van der Waals surface area contributed by atoms with Crippen molar-refractivity contribution in [3.05, 3.63) is 81.0 Å². The molecule has 0 spiro atoms. The number of thiophene rings is 1. The monoisotopic (exact) mass is 442 g/mol. The van der Waals surface area contributed by atoms with Crippen LogP contribution in [-0.2, 0) is 4.79 Å². The van der Waals surface area contributed by atoms with Gasteiger partial charge in [-0.25, -0.2) is 4.79 Å². The average Bonchev–Trinajstić information content (AvgIpc) is 3.18. The van der Waals surface area contributed by atoms with E-state index in [1.807, 2.05) is 0 Å². The number of halogens is 1. The maximum Gasteiger partial charge on any atom is 0.331 e. The first kappa shape index (κ1) is 19.9. The number of nitrogens with zero attached hydrogens (tertiary/aromatic N) is 1. The Balaban J connectivity index is 1.50. The van der Waals surface area contributed by atoms with Crippen molar-refractivity contribution < 1.29 is 24.2 Å². The lowest BCUT2D eigenvalue weighted by Gasteiger charge is -2.28. The average molecular weight is 443 g/mol. The van der Waals surface area contributed by atoms with Crippen LogP contribution in [0.15, 0.2) is 60.7 Å². The molecule has 4 rings (SSSR count). The van der Waals surface area contributed by atoms with E-state index in [1.54, 1.807) is 48.5 Å². The summed E-state index contributed by atoms with van der Waals surface area (Å²) in [4.78, 5) is 38.7. The number of rotatable bonds is 5. The second kappa shape index (κ2) is 8.17. The number of nitrogens with one attached hydrogen (secondary N) is 1. The predicted molar refractivity (Wildman–Crippen MR) is 112 cm³/mol. The van der Waals surface area contributed by atoms with Gasteiger partial charge in [-0.2, -0.15) is 0 Å². The van der Waals surface area contributed by atoms with Crippen LogP contribution in [0.5, 0.6) is 5.75 Å². The van der Waals surface area contributed by atoms with Crippen LogP contribution in [0.25, 0.3) is 0 Å². The zero-order chi connectivity index (χ0) is 21.3. The van der Waals surface area contributed by atoms with Crippen LogP contribution in [0.2, 0.25) is 4.34 Å². The first-order valence-corrected chi connectivity index (χ1v) is 10.1. The van der Waals surface area contributed by atoms with Crippen LogP contribution in [0.1, 0.15) is 31.6 Å². The lowest BCUT2D eigenvalue weighted by atomic mass is 10.1. The zero-order valence-corrected chi connectivity index (χ0v) is 16.9. The molecule has 0 bridgehead atoms. The highest BCUT2D eigenvalue weighted by molar-refractivity contribution is 7.16. The normalized spacial score (nSPS) is 13.9. The van der Waals surface area contributed by atoms with Crippen molar-refractivity contribution in [2.45, 2.75) is 6.04 Å². The first-order valence-electron chi connectivity index (χ1n) is 8.86. The number of hydrogen-bond donors (Lipinski definition) is 2. The minimum atomic E-state index is -1.21. The van der Waals surface area contributed by atoms with Crippen molar-refractivity contribution in [3.8, 4) is 5.75 Å². The molecule has 1 aliphatic heterocycles. The third-order valence-electron chi connectivity index (χ3n) is 4.55. The van der Waals surface area contributed by atoms with Gasteiger partial charge < -0.3 is 15.2 Å². The number of carboxylic acids is 1. The Morgan fingerprint density at radius 3 is 2.50 bits per heavy atom. The fraction of sp³-hybridized carbons (Fsp3) is 0.0952. The SMILES string of the molecule is O=C(NC(C(=O)O)c1ccc(Cl)s1)c1ccc(N2COc3ccccc3C2=O)cc1. The molecule has 0 saturated heterocycles. The Bertz CT molecular complexity index is 1130. The Hall–Kier alpha value is -3.36. The number of fused-ring (bicyclic) bond motifs is 1. The van der Waals surface area contributed by atoms with E-state index in [9.17, 15) is 19.5 Å². The van der Waals surface area contributed by atoms with E-state index < -0.39 is 17.9 Å². The van der Waals surface area contributed by atoms with Crippen molar-refractivity contribution in [1.82, 2.24) is 5.32 Å². The summed E-state index contributed by atoms with van der Waals surface area (Å²) in [7, 11) is 0. The van der Waals surface area contributed by atoms with Crippen molar-refractivity contribution in [2.75, 3.05) is 11.6 Å². The summed E-state index contributed by atoms with van der Waals surface area (Å²) < 4.78 is 6.05. The van der Waals surface area contributed by atoms with Crippen molar-refractivity contribution in [2.24, 2.45) is 0 Å². The van der Waals surface area contributed by atoms with Gasteiger partial charge in [0.2, 0.25) is 0 Å². The van der Waals surface area contributed by atoms with Crippen LogP contribution in [0.4, 0.5) is 5.69 Å². The number of carbonyl (C=O) groups is 3. The van der Waals surface area contributed by atoms with Gasteiger partial charge in [-0.1, -0.05) is 23.7 Å². The van der Waals surface area contributed by atoms with E-state index in [4.69, 9.17) is 16.3 Å². The van der Waals surface area contributed by atoms with Crippen LogP contribution >= 0.6 is 22.9 Å². The number of carbonyl (C=O) groups excluding carboxylic acids is 2. The molecule has 9 heteroatoms. The molecule has 7 nitrogen and oxygen atoms in total. The van der Waals surface area contributed by atoms with E-state index in [2.05, 4.69) is 5.32 Å². The predicted octanol–water partition coefficient (Wildman–Crippen LogP) is 3.95. The largest absolute Gasteiger partial charge is 0.479 e. The third-order valence-corrected chi connectivity index (χ3v) is 5.85. The molecular weight excluding hydrogens is 428 g/mol. The lowest BCUT2D eigenvalue weighted by Crippen LogP contribution is -2.38. The number of aliphatic carboxylic acids is 1. The number of carboxylic acid groups (broad SMARTS) is 1.